The zero-order chi connectivity index (χ0) is 15.7. The van der Waals surface area contributed by atoms with Crippen molar-refractivity contribution in [3.63, 3.8) is 0 Å². The quantitative estimate of drug-likeness (QED) is 0.556. The van der Waals surface area contributed by atoms with Crippen molar-refractivity contribution in [1.29, 1.82) is 0 Å². The van der Waals surface area contributed by atoms with Crippen LogP contribution in [0.5, 0.6) is 0 Å². The molecule has 0 spiro atoms. The first-order chi connectivity index (χ1) is 10.5. The molecule has 0 nitrogen and oxygen atoms in total. The summed E-state index contributed by atoms with van der Waals surface area (Å²) in [5, 5.41) is 0. The maximum absolute atomic E-state index is 2.41. The molecule has 0 unspecified atom stereocenters. The van der Waals surface area contributed by atoms with Crippen molar-refractivity contribution >= 4 is 11.1 Å². The lowest BCUT2D eigenvalue weighted by Crippen LogP contribution is -2.07. The molecule has 0 aliphatic heterocycles. The van der Waals surface area contributed by atoms with Crippen molar-refractivity contribution in [3.05, 3.63) is 70.8 Å². The van der Waals surface area contributed by atoms with Gasteiger partial charge in [-0.15, -0.1) is 0 Å². The number of allylic oxidation sites excluding steroid dienone is 8. The van der Waals surface area contributed by atoms with Crippen LogP contribution in [0.1, 0.15) is 57.2 Å². The minimum absolute atomic E-state index is 0.193. The fourth-order valence-corrected chi connectivity index (χ4v) is 3.39. The second-order valence-electron chi connectivity index (χ2n) is 7.36. The van der Waals surface area contributed by atoms with Crippen molar-refractivity contribution < 1.29 is 0 Å². The number of hydrogen-bond acceptors (Lipinski definition) is 0. The van der Waals surface area contributed by atoms with E-state index in [4.69, 9.17) is 0 Å². The van der Waals surface area contributed by atoms with Gasteiger partial charge in [0.2, 0.25) is 0 Å². The highest BCUT2D eigenvalue weighted by atomic mass is 14.2. The zero-order valence-corrected chi connectivity index (χ0v) is 14.2. The van der Waals surface area contributed by atoms with Crippen LogP contribution in [0.3, 0.4) is 0 Å². The van der Waals surface area contributed by atoms with Crippen LogP contribution in [-0.4, -0.2) is 0 Å². The van der Waals surface area contributed by atoms with Crippen LogP contribution >= 0.6 is 0 Å². The second kappa shape index (κ2) is 5.76. The molecule has 0 saturated carbocycles. The summed E-state index contributed by atoms with van der Waals surface area (Å²) in [4.78, 5) is 0. The first kappa shape index (κ1) is 15.1. The Morgan fingerprint density at radius 2 is 1.95 bits per heavy atom. The summed E-state index contributed by atoms with van der Waals surface area (Å²) in [6.07, 6.45) is 15.2. The molecule has 114 valence electrons. The van der Waals surface area contributed by atoms with Gasteiger partial charge in [-0.25, -0.2) is 0 Å². The summed E-state index contributed by atoms with van der Waals surface area (Å²) in [5.41, 5.74) is 8.62. The Labute approximate surface area is 135 Å². The highest BCUT2D eigenvalue weighted by molar-refractivity contribution is 5.99. The maximum Gasteiger partial charge on any atom is -0.0105 e. The van der Waals surface area contributed by atoms with Gasteiger partial charge >= 0.3 is 0 Å². The van der Waals surface area contributed by atoms with Gasteiger partial charge in [0.15, 0.2) is 0 Å². The van der Waals surface area contributed by atoms with Crippen molar-refractivity contribution in [2.24, 2.45) is 5.41 Å². The topological polar surface area (TPSA) is 0 Å². The maximum atomic E-state index is 2.41. The van der Waals surface area contributed by atoms with E-state index in [0.717, 1.165) is 0 Å². The van der Waals surface area contributed by atoms with Gasteiger partial charge in [-0.1, -0.05) is 63.3 Å². The average molecular weight is 290 g/mol. The molecule has 2 bridgehead atoms. The number of benzene rings is 1. The molecular formula is C22H26. The number of hydrogen-bond donors (Lipinski definition) is 0. The number of aryl methyl sites for hydroxylation is 1. The third-order valence-corrected chi connectivity index (χ3v) is 4.67. The van der Waals surface area contributed by atoms with Crippen molar-refractivity contribution in [3.8, 4) is 0 Å². The molecule has 0 atom stereocenters. The minimum atomic E-state index is 0.193. The van der Waals surface area contributed by atoms with E-state index in [2.05, 4.69) is 76.3 Å². The molecule has 2 aliphatic rings. The van der Waals surface area contributed by atoms with E-state index in [-0.39, 0.29) is 5.41 Å². The van der Waals surface area contributed by atoms with Crippen LogP contribution in [0, 0.1) is 5.41 Å². The molecule has 0 amide bonds. The van der Waals surface area contributed by atoms with Crippen molar-refractivity contribution in [2.45, 2.75) is 47.0 Å². The molecule has 0 aromatic heterocycles. The fourth-order valence-electron chi connectivity index (χ4n) is 3.39. The minimum Gasteiger partial charge on any atom is -0.0839 e. The first-order valence-electron chi connectivity index (χ1n) is 8.39. The van der Waals surface area contributed by atoms with Gasteiger partial charge in [-0.05, 0) is 71.1 Å². The molecule has 0 heteroatoms. The van der Waals surface area contributed by atoms with Crippen LogP contribution in [0.2, 0.25) is 0 Å². The highest BCUT2D eigenvalue weighted by Gasteiger charge is 2.19. The van der Waals surface area contributed by atoms with Gasteiger partial charge in [-0.3, -0.25) is 0 Å². The Morgan fingerprint density at radius 3 is 2.68 bits per heavy atom. The standard InChI is InChI=1S/C22H26/c1-5-19(22(2,3)4)12-11-18-15-17-9-7-6-8-16-10-13-20(18)21(17)14-16/h5,9-15H,6-8H2,1-4H3/b12-11-,17-9+,19-5+. The largest absolute Gasteiger partial charge is 0.0839 e. The van der Waals surface area contributed by atoms with E-state index in [9.17, 15) is 0 Å². The Kier molecular flexibility index (Phi) is 3.95. The zero-order valence-electron chi connectivity index (χ0n) is 14.2. The van der Waals surface area contributed by atoms with Gasteiger partial charge in [0, 0.05) is 0 Å². The lowest BCUT2D eigenvalue weighted by atomic mass is 9.85. The lowest BCUT2D eigenvalue weighted by Gasteiger charge is -2.20. The molecular weight excluding hydrogens is 264 g/mol. The molecule has 0 heterocycles. The molecule has 2 aliphatic carbocycles. The third-order valence-electron chi connectivity index (χ3n) is 4.67. The third kappa shape index (κ3) is 2.88. The average Bonchev–Trinajstić information content (AvgIpc) is 2.76. The van der Waals surface area contributed by atoms with Crippen LogP contribution in [0.25, 0.3) is 11.1 Å². The Hall–Kier alpha value is -1.82. The normalized spacial score (nSPS) is 20.5. The molecule has 3 rings (SSSR count). The van der Waals surface area contributed by atoms with E-state index in [1.165, 1.54) is 52.7 Å². The van der Waals surface area contributed by atoms with Crippen molar-refractivity contribution in [1.82, 2.24) is 0 Å². The summed E-state index contributed by atoms with van der Waals surface area (Å²) >= 11 is 0. The first-order valence-corrected chi connectivity index (χ1v) is 8.39. The Bertz CT molecular complexity index is 700. The molecule has 0 radical (unpaired) electrons. The van der Waals surface area contributed by atoms with Gasteiger partial charge in [0.05, 0.1) is 0 Å². The molecule has 0 saturated heterocycles. The smallest absolute Gasteiger partial charge is 0.0105 e. The van der Waals surface area contributed by atoms with Crippen molar-refractivity contribution in [2.75, 3.05) is 0 Å². The van der Waals surface area contributed by atoms with E-state index >= 15 is 0 Å². The van der Waals surface area contributed by atoms with E-state index in [1.54, 1.807) is 0 Å². The Morgan fingerprint density at radius 1 is 1.14 bits per heavy atom. The second-order valence-corrected chi connectivity index (χ2v) is 7.36. The molecule has 22 heavy (non-hydrogen) atoms. The molecule has 1 aromatic rings. The van der Waals surface area contributed by atoms with Gasteiger partial charge < -0.3 is 0 Å². The van der Waals surface area contributed by atoms with Gasteiger partial charge in [-0.2, -0.15) is 0 Å². The summed E-state index contributed by atoms with van der Waals surface area (Å²) in [6.45, 7) is 8.93. The summed E-state index contributed by atoms with van der Waals surface area (Å²) in [6, 6.07) is 6.99. The lowest BCUT2D eigenvalue weighted by molar-refractivity contribution is 0.516. The summed E-state index contributed by atoms with van der Waals surface area (Å²) in [7, 11) is 0. The molecule has 1 aromatic carbocycles. The van der Waals surface area contributed by atoms with E-state index < -0.39 is 0 Å². The summed E-state index contributed by atoms with van der Waals surface area (Å²) < 4.78 is 0. The molecule has 0 fully saturated rings. The van der Waals surface area contributed by atoms with E-state index in [0.29, 0.717) is 0 Å². The van der Waals surface area contributed by atoms with Crippen LogP contribution in [-0.2, 0) is 6.42 Å². The van der Waals surface area contributed by atoms with E-state index in [1.807, 2.05) is 0 Å². The fraction of sp³-hybridized carbons (Fsp3) is 0.364. The van der Waals surface area contributed by atoms with Gasteiger partial charge in [0.25, 0.3) is 0 Å². The predicted octanol–water partition coefficient (Wildman–Crippen LogP) is 6.35. The Balaban J connectivity index is 1.98. The monoisotopic (exact) mass is 290 g/mol. The van der Waals surface area contributed by atoms with Crippen LogP contribution < -0.4 is 0 Å². The summed E-state index contributed by atoms with van der Waals surface area (Å²) in [5.74, 6) is 0. The number of fused-ring (bicyclic) bond motifs is 1. The number of rotatable bonds is 2. The van der Waals surface area contributed by atoms with Gasteiger partial charge in [0.1, 0.15) is 0 Å². The highest BCUT2D eigenvalue weighted by Crippen LogP contribution is 2.39. The molecule has 0 N–H and O–H groups in total. The SMILES string of the molecule is C/C=C(\C=C/C1=CC2=C\CCCc3ccc1c\2c3)C(C)(C)C. The van der Waals surface area contributed by atoms with Crippen LogP contribution in [0.4, 0.5) is 0 Å². The predicted molar refractivity (Wildman–Crippen MR) is 97.7 cm³/mol. The van der Waals surface area contributed by atoms with Crippen LogP contribution in [0.15, 0.2) is 54.2 Å².